The maximum atomic E-state index is 12.4. The van der Waals surface area contributed by atoms with Gasteiger partial charge in [0.15, 0.2) is 0 Å². The van der Waals surface area contributed by atoms with Crippen molar-refractivity contribution in [3.8, 4) is 0 Å². The monoisotopic (exact) mass is 374 g/mol. The van der Waals surface area contributed by atoms with E-state index >= 15 is 0 Å². The van der Waals surface area contributed by atoms with Crippen molar-refractivity contribution >= 4 is 52.7 Å². The molecule has 1 aromatic rings. The summed E-state index contributed by atoms with van der Waals surface area (Å²) in [6.07, 6.45) is 1.93. The molecule has 0 spiro atoms. The minimum atomic E-state index is -0.688. The molecule has 2 rings (SSSR count). The molecule has 2 amide bonds. The predicted octanol–water partition coefficient (Wildman–Crippen LogP) is 3.74. The molecule has 8 heteroatoms. The number of carbonyl (C=O) groups excluding carboxylic acids is 2. The molecule has 0 fully saturated rings. The van der Waals surface area contributed by atoms with E-state index in [4.69, 9.17) is 27.9 Å². The molecule has 124 valence electrons. The third-order valence-corrected chi connectivity index (χ3v) is 4.74. The molecular formula is C15H16Cl2N2O3S. The van der Waals surface area contributed by atoms with Crippen LogP contribution in [0, 0.1) is 5.92 Å². The van der Waals surface area contributed by atoms with Crippen LogP contribution in [0.4, 0.5) is 4.79 Å². The third kappa shape index (κ3) is 4.40. The van der Waals surface area contributed by atoms with E-state index in [1.165, 1.54) is 0 Å². The number of carbonyl (C=O) groups is 2. The molecule has 1 aliphatic rings. The van der Waals surface area contributed by atoms with Crippen molar-refractivity contribution in [2.45, 2.75) is 13.0 Å². The number of amides is 2. The summed E-state index contributed by atoms with van der Waals surface area (Å²) in [4.78, 5) is 28.0. The van der Waals surface area contributed by atoms with Gasteiger partial charge in [0.25, 0.3) is 0 Å². The Morgan fingerprint density at radius 2 is 2.13 bits per heavy atom. The molecule has 0 saturated heterocycles. The molecule has 2 unspecified atom stereocenters. The van der Waals surface area contributed by atoms with Gasteiger partial charge in [-0.25, -0.2) is 9.79 Å². The van der Waals surface area contributed by atoms with Gasteiger partial charge in [-0.05, 0) is 30.9 Å². The fourth-order valence-corrected chi connectivity index (χ4v) is 2.88. The number of hydrogen-bond donors (Lipinski definition) is 1. The summed E-state index contributed by atoms with van der Waals surface area (Å²) in [5.74, 6) is -0.401. The normalized spacial score (nSPS) is 20.7. The first-order valence-corrected chi connectivity index (χ1v) is 9.05. The van der Waals surface area contributed by atoms with E-state index in [1.807, 2.05) is 6.26 Å². The first kappa shape index (κ1) is 18.1. The quantitative estimate of drug-likeness (QED) is 0.629. The standard InChI is InChI=1S/C15H16Cl2N2O3S/c1-8-12(14(20)22-5-6-23-2)13(19-15(21)18-8)9-3-4-10(16)11(17)7-9/h3-4,7,12-13H,5-6H2,1-2H3,(H,19,21). The molecule has 0 bridgehead atoms. The number of hydrogen-bond acceptors (Lipinski definition) is 4. The van der Waals surface area contributed by atoms with Crippen molar-refractivity contribution in [1.29, 1.82) is 0 Å². The lowest BCUT2D eigenvalue weighted by atomic mass is 9.88. The first-order chi connectivity index (χ1) is 10.9. The van der Waals surface area contributed by atoms with Crippen molar-refractivity contribution < 1.29 is 14.3 Å². The highest BCUT2D eigenvalue weighted by Crippen LogP contribution is 2.32. The average molecular weight is 375 g/mol. The van der Waals surface area contributed by atoms with E-state index in [-0.39, 0.29) is 0 Å². The van der Waals surface area contributed by atoms with Gasteiger partial charge in [0, 0.05) is 11.5 Å². The van der Waals surface area contributed by atoms with Gasteiger partial charge in [0.1, 0.15) is 12.5 Å². The number of halogens is 2. The minimum Gasteiger partial charge on any atom is -0.464 e. The first-order valence-electron chi connectivity index (χ1n) is 6.90. The van der Waals surface area contributed by atoms with Crippen molar-refractivity contribution in [2.75, 3.05) is 18.6 Å². The minimum absolute atomic E-state index is 0.311. The number of ether oxygens (including phenoxy) is 1. The van der Waals surface area contributed by atoms with Gasteiger partial charge in [-0.1, -0.05) is 29.3 Å². The number of urea groups is 1. The molecular weight excluding hydrogens is 359 g/mol. The number of rotatable bonds is 5. The van der Waals surface area contributed by atoms with Crippen LogP contribution in [0.15, 0.2) is 23.2 Å². The van der Waals surface area contributed by atoms with E-state index in [0.29, 0.717) is 33.7 Å². The Balaban J connectivity index is 2.30. The molecule has 0 radical (unpaired) electrons. The summed E-state index contributed by atoms with van der Waals surface area (Å²) in [7, 11) is 0. The number of thioether (sulfide) groups is 1. The molecule has 0 aromatic heterocycles. The zero-order valence-electron chi connectivity index (χ0n) is 12.6. The van der Waals surface area contributed by atoms with Crippen molar-refractivity contribution in [3.05, 3.63) is 33.8 Å². The fourth-order valence-electron chi connectivity index (χ4n) is 2.32. The van der Waals surface area contributed by atoms with Crippen LogP contribution in [-0.2, 0) is 9.53 Å². The summed E-state index contributed by atoms with van der Waals surface area (Å²) in [6.45, 7) is 1.95. The van der Waals surface area contributed by atoms with Crippen LogP contribution in [-0.4, -0.2) is 36.3 Å². The molecule has 1 aliphatic heterocycles. The number of benzene rings is 1. The van der Waals surface area contributed by atoms with Crippen molar-refractivity contribution in [3.63, 3.8) is 0 Å². The largest absolute Gasteiger partial charge is 0.464 e. The molecule has 5 nitrogen and oxygen atoms in total. The Labute approximate surface area is 148 Å². The molecule has 1 heterocycles. The second kappa shape index (κ2) is 8.04. The van der Waals surface area contributed by atoms with Gasteiger partial charge in [-0.3, -0.25) is 4.79 Å². The second-order valence-corrected chi connectivity index (χ2v) is 6.79. The highest BCUT2D eigenvalue weighted by molar-refractivity contribution is 7.98. The summed E-state index contributed by atoms with van der Waals surface area (Å²) >= 11 is 13.5. The molecule has 2 atom stereocenters. The smallest absolute Gasteiger partial charge is 0.341 e. The number of aliphatic imine (C=N–C) groups is 1. The highest BCUT2D eigenvalue weighted by Gasteiger charge is 2.38. The van der Waals surface area contributed by atoms with E-state index in [2.05, 4.69) is 10.3 Å². The number of nitrogens with zero attached hydrogens (tertiary/aromatic N) is 1. The summed E-state index contributed by atoms with van der Waals surface area (Å²) in [6, 6.07) is 3.90. The Morgan fingerprint density at radius 3 is 2.78 bits per heavy atom. The van der Waals surface area contributed by atoms with Crippen LogP contribution in [0.3, 0.4) is 0 Å². The Morgan fingerprint density at radius 1 is 1.39 bits per heavy atom. The fraction of sp³-hybridized carbons (Fsp3) is 0.400. The van der Waals surface area contributed by atoms with Crippen LogP contribution in [0.5, 0.6) is 0 Å². The van der Waals surface area contributed by atoms with Crippen LogP contribution >= 0.6 is 35.0 Å². The average Bonchev–Trinajstić information content (AvgIpc) is 2.49. The van der Waals surface area contributed by atoms with E-state index in [0.717, 1.165) is 0 Å². The van der Waals surface area contributed by atoms with Gasteiger partial charge in [0.05, 0.1) is 16.1 Å². The molecule has 23 heavy (non-hydrogen) atoms. The van der Waals surface area contributed by atoms with Crippen molar-refractivity contribution in [2.24, 2.45) is 10.9 Å². The van der Waals surface area contributed by atoms with Crippen LogP contribution < -0.4 is 5.32 Å². The van der Waals surface area contributed by atoms with E-state index < -0.39 is 24.0 Å². The SMILES string of the molecule is CSCCOC(=O)C1C(C)=NC(=O)NC1c1ccc(Cl)c(Cl)c1. The van der Waals surface area contributed by atoms with Gasteiger partial charge < -0.3 is 10.1 Å². The van der Waals surface area contributed by atoms with Crippen LogP contribution in [0.25, 0.3) is 0 Å². The molecule has 0 aliphatic carbocycles. The Kier molecular flexibility index (Phi) is 6.33. The zero-order valence-corrected chi connectivity index (χ0v) is 15.0. The van der Waals surface area contributed by atoms with Gasteiger partial charge in [0.2, 0.25) is 0 Å². The maximum Gasteiger partial charge on any atom is 0.341 e. The topological polar surface area (TPSA) is 67.8 Å². The lowest BCUT2D eigenvalue weighted by Gasteiger charge is -2.29. The van der Waals surface area contributed by atoms with Gasteiger partial charge in [-0.15, -0.1) is 0 Å². The Bertz CT molecular complexity index is 652. The zero-order chi connectivity index (χ0) is 17.0. The van der Waals surface area contributed by atoms with Gasteiger partial charge >= 0.3 is 12.0 Å². The highest BCUT2D eigenvalue weighted by atomic mass is 35.5. The Hall–Kier alpha value is -1.24. The van der Waals surface area contributed by atoms with Crippen LogP contribution in [0.1, 0.15) is 18.5 Å². The summed E-state index contributed by atoms with van der Waals surface area (Å²) < 4.78 is 5.28. The lowest BCUT2D eigenvalue weighted by molar-refractivity contribution is -0.146. The van der Waals surface area contributed by atoms with E-state index in [9.17, 15) is 9.59 Å². The summed E-state index contributed by atoms with van der Waals surface area (Å²) in [5, 5.41) is 3.46. The van der Waals surface area contributed by atoms with E-state index in [1.54, 1.807) is 36.9 Å². The maximum absolute atomic E-state index is 12.4. The third-order valence-electron chi connectivity index (χ3n) is 3.43. The number of nitrogens with one attached hydrogen (secondary N) is 1. The lowest BCUT2D eigenvalue weighted by Crippen LogP contribution is -2.44. The predicted molar refractivity (Wildman–Crippen MR) is 93.7 cm³/mol. The van der Waals surface area contributed by atoms with Crippen LogP contribution in [0.2, 0.25) is 10.0 Å². The molecule has 0 saturated carbocycles. The summed E-state index contributed by atoms with van der Waals surface area (Å²) in [5.41, 5.74) is 1.09. The van der Waals surface area contributed by atoms with Gasteiger partial charge in [-0.2, -0.15) is 11.8 Å². The number of esters is 1. The molecule has 1 N–H and O–H groups in total. The molecule has 1 aromatic carbocycles. The van der Waals surface area contributed by atoms with Crippen molar-refractivity contribution in [1.82, 2.24) is 5.32 Å². The second-order valence-electron chi connectivity index (χ2n) is 4.99.